The number of nitrogens with zero attached hydrogens (tertiary/aromatic N) is 3. The molecule has 4 heteroatoms. The van der Waals surface area contributed by atoms with Gasteiger partial charge in [0.2, 0.25) is 5.95 Å². The first kappa shape index (κ1) is 13.6. The van der Waals surface area contributed by atoms with Crippen molar-refractivity contribution >= 4 is 5.95 Å². The Balaban J connectivity index is 1.58. The van der Waals surface area contributed by atoms with Crippen molar-refractivity contribution in [1.82, 2.24) is 14.8 Å². The van der Waals surface area contributed by atoms with Crippen molar-refractivity contribution in [2.45, 2.75) is 65.3 Å². The van der Waals surface area contributed by atoms with E-state index < -0.39 is 0 Å². The van der Waals surface area contributed by atoms with Crippen molar-refractivity contribution in [3.63, 3.8) is 0 Å². The maximum Gasteiger partial charge on any atom is 0.224 e. The molecule has 1 N–H and O–H groups in total. The maximum atomic E-state index is 4.53. The second kappa shape index (κ2) is 4.99. The van der Waals surface area contributed by atoms with Crippen LogP contribution in [0, 0.1) is 23.2 Å². The van der Waals surface area contributed by atoms with Crippen molar-refractivity contribution in [3.05, 3.63) is 5.82 Å². The van der Waals surface area contributed by atoms with Crippen molar-refractivity contribution in [2.24, 2.45) is 23.2 Å². The first-order valence-corrected chi connectivity index (χ1v) is 8.87. The predicted molar refractivity (Wildman–Crippen MR) is 84.2 cm³/mol. The third kappa shape index (κ3) is 2.27. The van der Waals surface area contributed by atoms with Crippen LogP contribution in [0.25, 0.3) is 0 Å². The van der Waals surface area contributed by atoms with Gasteiger partial charge in [-0.3, -0.25) is 4.57 Å². The van der Waals surface area contributed by atoms with Crippen LogP contribution < -0.4 is 5.32 Å². The SMILES string of the molecule is CCNc1nnc(CC23CC4CC(CC(C4)C2)C3)n1CC. The number of aromatic nitrogens is 3. The molecule has 4 bridgehead atoms. The van der Waals surface area contributed by atoms with Crippen LogP contribution in [0.3, 0.4) is 0 Å². The van der Waals surface area contributed by atoms with Gasteiger partial charge < -0.3 is 5.32 Å². The Hall–Kier alpha value is -1.06. The molecule has 0 unspecified atom stereocenters. The Morgan fingerprint density at radius 3 is 2.19 bits per heavy atom. The van der Waals surface area contributed by atoms with Crippen LogP contribution in [0.2, 0.25) is 0 Å². The summed E-state index contributed by atoms with van der Waals surface area (Å²) in [7, 11) is 0. The highest BCUT2D eigenvalue weighted by Crippen LogP contribution is 2.60. The zero-order chi connectivity index (χ0) is 14.4. The van der Waals surface area contributed by atoms with Crippen LogP contribution in [-0.2, 0) is 13.0 Å². The first-order valence-electron chi connectivity index (χ1n) is 8.87. The molecular weight excluding hydrogens is 260 g/mol. The minimum atomic E-state index is 0.554. The zero-order valence-corrected chi connectivity index (χ0v) is 13.4. The summed E-state index contributed by atoms with van der Waals surface area (Å²) in [4.78, 5) is 0. The highest BCUT2D eigenvalue weighted by molar-refractivity contribution is 5.26. The Labute approximate surface area is 127 Å². The summed E-state index contributed by atoms with van der Waals surface area (Å²) in [6.45, 7) is 6.20. The topological polar surface area (TPSA) is 42.7 Å². The molecule has 4 aliphatic carbocycles. The molecule has 0 spiro atoms. The van der Waals surface area contributed by atoms with Crippen LogP contribution in [0.4, 0.5) is 5.95 Å². The van der Waals surface area contributed by atoms with Gasteiger partial charge in [-0.15, -0.1) is 10.2 Å². The van der Waals surface area contributed by atoms with Gasteiger partial charge in [-0.25, -0.2) is 0 Å². The van der Waals surface area contributed by atoms with Crippen LogP contribution >= 0.6 is 0 Å². The lowest BCUT2D eigenvalue weighted by molar-refractivity contribution is -0.0535. The first-order chi connectivity index (χ1) is 10.2. The van der Waals surface area contributed by atoms with Gasteiger partial charge in [0.05, 0.1) is 0 Å². The van der Waals surface area contributed by atoms with E-state index in [2.05, 4.69) is 33.9 Å². The lowest BCUT2D eigenvalue weighted by Gasteiger charge is -2.56. The third-order valence-corrected chi connectivity index (χ3v) is 6.18. The second-order valence-corrected chi connectivity index (χ2v) is 7.81. The van der Waals surface area contributed by atoms with E-state index in [9.17, 15) is 0 Å². The van der Waals surface area contributed by atoms with Gasteiger partial charge in [0.1, 0.15) is 5.82 Å². The molecule has 0 aromatic carbocycles. The molecule has 0 radical (unpaired) electrons. The fourth-order valence-corrected chi connectivity index (χ4v) is 5.93. The van der Waals surface area contributed by atoms with E-state index in [1.54, 1.807) is 0 Å². The van der Waals surface area contributed by atoms with Gasteiger partial charge >= 0.3 is 0 Å². The summed E-state index contributed by atoms with van der Waals surface area (Å²) in [5, 5.41) is 12.3. The highest BCUT2D eigenvalue weighted by atomic mass is 15.3. The van der Waals surface area contributed by atoms with Crippen molar-refractivity contribution < 1.29 is 0 Å². The van der Waals surface area contributed by atoms with Crippen molar-refractivity contribution in [3.8, 4) is 0 Å². The molecular formula is C17H28N4. The summed E-state index contributed by atoms with van der Waals surface area (Å²) in [5.74, 6) is 5.22. The standard InChI is InChI=1S/C17H28N4/c1-3-18-16-20-19-15(21(16)4-2)11-17-8-12-5-13(9-17)7-14(6-12)10-17/h12-14H,3-11H2,1-2H3,(H,18,20). The molecule has 1 aromatic heterocycles. The van der Waals surface area contributed by atoms with Gasteiger partial charge in [-0.2, -0.15) is 0 Å². The maximum absolute atomic E-state index is 4.53. The van der Waals surface area contributed by atoms with Gasteiger partial charge in [-0.05, 0) is 75.5 Å². The average molecular weight is 288 g/mol. The van der Waals surface area contributed by atoms with E-state index in [1.165, 1.54) is 44.3 Å². The van der Waals surface area contributed by atoms with Gasteiger partial charge in [0.15, 0.2) is 0 Å². The summed E-state index contributed by atoms with van der Waals surface area (Å²) < 4.78 is 2.29. The zero-order valence-electron chi connectivity index (χ0n) is 13.4. The molecule has 4 saturated carbocycles. The second-order valence-electron chi connectivity index (χ2n) is 7.81. The number of nitrogens with one attached hydrogen (secondary N) is 1. The summed E-state index contributed by atoms with van der Waals surface area (Å²) in [6, 6.07) is 0. The third-order valence-electron chi connectivity index (χ3n) is 6.18. The van der Waals surface area contributed by atoms with E-state index >= 15 is 0 Å². The molecule has 4 aliphatic rings. The van der Waals surface area contributed by atoms with E-state index in [4.69, 9.17) is 0 Å². The minimum Gasteiger partial charge on any atom is -0.355 e. The highest BCUT2D eigenvalue weighted by Gasteiger charge is 2.51. The van der Waals surface area contributed by atoms with Crippen LogP contribution in [0.15, 0.2) is 0 Å². The fourth-order valence-electron chi connectivity index (χ4n) is 5.93. The quantitative estimate of drug-likeness (QED) is 0.902. The molecule has 4 fully saturated rings. The van der Waals surface area contributed by atoms with Crippen LogP contribution in [-0.4, -0.2) is 21.3 Å². The minimum absolute atomic E-state index is 0.554. The summed E-state index contributed by atoms with van der Waals surface area (Å²) in [5.41, 5.74) is 0.554. The Morgan fingerprint density at radius 2 is 1.67 bits per heavy atom. The van der Waals surface area contributed by atoms with E-state index in [1.807, 2.05) is 0 Å². The van der Waals surface area contributed by atoms with Gasteiger partial charge in [0.25, 0.3) is 0 Å². The van der Waals surface area contributed by atoms with Gasteiger partial charge in [-0.1, -0.05) is 0 Å². The number of rotatable bonds is 5. The fraction of sp³-hybridized carbons (Fsp3) is 0.882. The van der Waals surface area contributed by atoms with Crippen molar-refractivity contribution in [2.75, 3.05) is 11.9 Å². The van der Waals surface area contributed by atoms with E-state index in [0.29, 0.717) is 5.41 Å². The normalized spacial score (nSPS) is 37.1. The van der Waals surface area contributed by atoms with E-state index in [0.717, 1.165) is 43.2 Å². The lowest BCUT2D eigenvalue weighted by atomic mass is 9.49. The lowest BCUT2D eigenvalue weighted by Crippen LogP contribution is -2.47. The molecule has 1 aromatic rings. The van der Waals surface area contributed by atoms with Crippen LogP contribution in [0.1, 0.15) is 58.2 Å². The summed E-state index contributed by atoms with van der Waals surface area (Å²) >= 11 is 0. The average Bonchev–Trinajstić information content (AvgIpc) is 2.78. The van der Waals surface area contributed by atoms with E-state index in [-0.39, 0.29) is 0 Å². The Kier molecular flexibility index (Phi) is 3.23. The molecule has 0 atom stereocenters. The van der Waals surface area contributed by atoms with Crippen LogP contribution in [0.5, 0.6) is 0 Å². The smallest absolute Gasteiger partial charge is 0.224 e. The Bertz CT molecular complexity index is 484. The largest absolute Gasteiger partial charge is 0.355 e. The summed E-state index contributed by atoms with van der Waals surface area (Å²) in [6.07, 6.45) is 10.1. The van der Waals surface area contributed by atoms with Crippen molar-refractivity contribution in [1.29, 1.82) is 0 Å². The predicted octanol–water partition coefficient (Wildman–Crippen LogP) is 3.49. The molecule has 4 nitrogen and oxygen atoms in total. The molecule has 5 rings (SSSR count). The number of anilines is 1. The molecule has 0 aliphatic heterocycles. The monoisotopic (exact) mass is 288 g/mol. The molecule has 0 saturated heterocycles. The molecule has 0 amide bonds. The van der Waals surface area contributed by atoms with Gasteiger partial charge in [0, 0.05) is 19.5 Å². The molecule has 21 heavy (non-hydrogen) atoms. The molecule has 116 valence electrons. The Morgan fingerprint density at radius 1 is 1.05 bits per heavy atom. The number of hydrogen-bond donors (Lipinski definition) is 1. The molecule has 1 heterocycles. The number of hydrogen-bond acceptors (Lipinski definition) is 3.